The zero-order valence-electron chi connectivity index (χ0n) is 15.2. The number of carbonyl (C=O) groups excluding carboxylic acids is 3. The Bertz CT molecular complexity index is 689. The maximum Gasteiger partial charge on any atom is 0.321 e. The molecule has 1 aromatic rings. The van der Waals surface area contributed by atoms with E-state index in [9.17, 15) is 14.4 Å². The van der Waals surface area contributed by atoms with Gasteiger partial charge in [0.1, 0.15) is 0 Å². The van der Waals surface area contributed by atoms with Crippen molar-refractivity contribution in [3.8, 4) is 0 Å². The third-order valence-corrected chi connectivity index (χ3v) is 5.16. The number of carbonyl (C=O) groups is 3. The normalized spacial score (nSPS) is 22.3. The molecule has 3 fully saturated rings. The van der Waals surface area contributed by atoms with Crippen molar-refractivity contribution >= 4 is 23.4 Å². The molecule has 0 unspecified atom stereocenters. The molecule has 26 heavy (non-hydrogen) atoms. The second-order valence-electron chi connectivity index (χ2n) is 6.92. The molecule has 3 aliphatic heterocycles. The second-order valence-corrected chi connectivity index (χ2v) is 6.92. The number of piperidine rings is 1. The fraction of sp³-hybridized carbons (Fsp3) is 0.526. The third kappa shape index (κ3) is 3.88. The van der Waals surface area contributed by atoms with Crippen LogP contribution in [0, 0.1) is 5.92 Å². The number of ether oxygens (including phenoxy) is 1. The van der Waals surface area contributed by atoms with E-state index < -0.39 is 0 Å². The van der Waals surface area contributed by atoms with Crippen molar-refractivity contribution in [1.29, 1.82) is 0 Å². The highest BCUT2D eigenvalue weighted by Crippen LogP contribution is 2.29. The van der Waals surface area contributed by atoms with E-state index in [0.29, 0.717) is 37.5 Å². The maximum atomic E-state index is 12.7. The monoisotopic (exact) mass is 359 g/mol. The molecule has 0 saturated carbocycles. The Morgan fingerprint density at radius 2 is 1.92 bits per heavy atom. The predicted octanol–water partition coefficient (Wildman–Crippen LogP) is 1.99. The molecule has 0 radical (unpaired) electrons. The summed E-state index contributed by atoms with van der Waals surface area (Å²) in [5.41, 5.74) is 1.24. The SMILES string of the molecule is COCCN1C(=O)[C@@H]2CC[C@H]1CN(C(=O)Nc1ccc(C(C)=O)cc1)C2. The average Bonchev–Trinajstić information content (AvgIpc) is 2.92. The van der Waals surface area contributed by atoms with Crippen LogP contribution in [0.3, 0.4) is 0 Å². The minimum atomic E-state index is -0.209. The number of methoxy groups -OCH3 is 1. The van der Waals surface area contributed by atoms with E-state index in [-0.39, 0.29) is 29.7 Å². The molecular weight excluding hydrogens is 334 g/mol. The van der Waals surface area contributed by atoms with Gasteiger partial charge in [-0.25, -0.2) is 4.79 Å². The lowest BCUT2D eigenvalue weighted by Crippen LogP contribution is -2.49. The van der Waals surface area contributed by atoms with Crippen LogP contribution in [0.2, 0.25) is 0 Å². The summed E-state index contributed by atoms with van der Waals surface area (Å²) in [6.07, 6.45) is 1.74. The van der Waals surface area contributed by atoms with Crippen molar-refractivity contribution in [2.75, 3.05) is 38.7 Å². The molecule has 1 N–H and O–H groups in total. The summed E-state index contributed by atoms with van der Waals surface area (Å²) in [6, 6.07) is 6.66. The largest absolute Gasteiger partial charge is 0.383 e. The topological polar surface area (TPSA) is 79.0 Å². The first-order valence-electron chi connectivity index (χ1n) is 8.96. The Morgan fingerprint density at radius 1 is 1.19 bits per heavy atom. The van der Waals surface area contributed by atoms with Crippen LogP contribution in [-0.2, 0) is 9.53 Å². The van der Waals surface area contributed by atoms with Crippen LogP contribution >= 0.6 is 0 Å². The van der Waals surface area contributed by atoms with Crippen molar-refractivity contribution in [1.82, 2.24) is 9.80 Å². The number of hydrogen-bond donors (Lipinski definition) is 1. The van der Waals surface area contributed by atoms with Gasteiger partial charge in [0.25, 0.3) is 0 Å². The van der Waals surface area contributed by atoms with Crippen LogP contribution in [0.1, 0.15) is 30.1 Å². The second kappa shape index (κ2) is 7.86. The van der Waals surface area contributed by atoms with E-state index in [4.69, 9.17) is 4.74 Å². The maximum absolute atomic E-state index is 12.7. The number of nitrogens with one attached hydrogen (secondary N) is 1. The van der Waals surface area contributed by atoms with Crippen molar-refractivity contribution in [3.05, 3.63) is 29.8 Å². The van der Waals surface area contributed by atoms with Gasteiger partial charge in [0.15, 0.2) is 5.78 Å². The quantitative estimate of drug-likeness (QED) is 0.816. The molecule has 140 valence electrons. The number of nitrogens with zero attached hydrogens (tertiary/aromatic N) is 2. The van der Waals surface area contributed by atoms with Crippen LogP contribution in [0.15, 0.2) is 24.3 Å². The Balaban J connectivity index is 1.67. The van der Waals surface area contributed by atoms with Crippen molar-refractivity contribution < 1.29 is 19.1 Å². The Kier molecular flexibility index (Phi) is 5.56. The predicted molar refractivity (Wildman–Crippen MR) is 97.1 cm³/mol. The number of ketones is 1. The standard InChI is InChI=1S/C19H25N3O4/c1-13(23)14-3-6-16(7-4-14)20-19(25)21-11-15-5-8-17(12-21)22(18(15)24)9-10-26-2/h3-4,6-7,15,17H,5,8-12H2,1-2H3,(H,20,25)/t15-,17+/m1/s1. The van der Waals surface area contributed by atoms with Gasteiger partial charge < -0.3 is 19.9 Å². The fourth-order valence-electron chi connectivity index (χ4n) is 3.68. The fourth-order valence-corrected chi connectivity index (χ4v) is 3.68. The Labute approximate surface area is 153 Å². The molecule has 7 heteroatoms. The molecule has 3 heterocycles. The van der Waals surface area contributed by atoms with Crippen molar-refractivity contribution in [2.45, 2.75) is 25.8 Å². The number of rotatable bonds is 5. The highest BCUT2D eigenvalue weighted by atomic mass is 16.5. The molecule has 2 bridgehead atoms. The lowest BCUT2D eigenvalue weighted by molar-refractivity contribution is -0.140. The van der Waals surface area contributed by atoms with E-state index in [1.54, 1.807) is 36.3 Å². The van der Waals surface area contributed by atoms with Gasteiger partial charge in [-0.2, -0.15) is 0 Å². The number of urea groups is 1. The van der Waals surface area contributed by atoms with Gasteiger partial charge in [0.2, 0.25) is 5.91 Å². The van der Waals surface area contributed by atoms with Crippen molar-refractivity contribution in [2.24, 2.45) is 5.92 Å². The summed E-state index contributed by atoms with van der Waals surface area (Å²) in [4.78, 5) is 40.2. The Morgan fingerprint density at radius 3 is 2.58 bits per heavy atom. The lowest BCUT2D eigenvalue weighted by Gasteiger charge is -2.35. The number of Topliss-reactive ketones (excluding diaryl/α,β-unsaturated/α-hetero) is 1. The van der Waals surface area contributed by atoms with E-state index in [0.717, 1.165) is 12.8 Å². The molecule has 3 amide bonds. The zero-order valence-corrected chi connectivity index (χ0v) is 15.2. The lowest BCUT2D eigenvalue weighted by atomic mass is 9.94. The number of hydrogen-bond acceptors (Lipinski definition) is 4. The summed E-state index contributed by atoms with van der Waals surface area (Å²) in [5.74, 6) is -0.0301. The number of benzene rings is 1. The van der Waals surface area contributed by atoms with Crippen LogP contribution in [-0.4, -0.2) is 66.9 Å². The first kappa shape index (κ1) is 18.4. The van der Waals surface area contributed by atoms with Gasteiger partial charge in [-0.3, -0.25) is 9.59 Å². The summed E-state index contributed by atoms with van der Waals surface area (Å²) < 4.78 is 5.11. The highest BCUT2D eigenvalue weighted by Gasteiger charge is 2.41. The van der Waals surface area contributed by atoms with Gasteiger partial charge in [0.05, 0.1) is 12.5 Å². The first-order chi connectivity index (χ1) is 12.5. The number of anilines is 1. The van der Waals surface area contributed by atoms with Crippen LogP contribution < -0.4 is 5.32 Å². The number of amides is 3. The number of fused-ring (bicyclic) bond motifs is 4. The molecule has 4 rings (SSSR count). The van der Waals surface area contributed by atoms with Gasteiger partial charge in [-0.05, 0) is 44.0 Å². The molecule has 0 aromatic heterocycles. The third-order valence-electron chi connectivity index (χ3n) is 5.16. The van der Waals surface area contributed by atoms with Gasteiger partial charge in [-0.1, -0.05) is 0 Å². The average molecular weight is 359 g/mol. The van der Waals surface area contributed by atoms with Gasteiger partial charge in [-0.15, -0.1) is 0 Å². The molecule has 1 aromatic carbocycles. The molecule has 2 atom stereocenters. The summed E-state index contributed by atoms with van der Waals surface area (Å²) >= 11 is 0. The molecule has 3 saturated heterocycles. The molecule has 3 aliphatic rings. The summed E-state index contributed by atoms with van der Waals surface area (Å²) in [7, 11) is 1.62. The van der Waals surface area contributed by atoms with Crippen LogP contribution in [0.5, 0.6) is 0 Å². The smallest absolute Gasteiger partial charge is 0.321 e. The van der Waals surface area contributed by atoms with E-state index in [1.165, 1.54) is 6.92 Å². The van der Waals surface area contributed by atoms with Crippen molar-refractivity contribution in [3.63, 3.8) is 0 Å². The van der Waals surface area contributed by atoms with Crippen LogP contribution in [0.4, 0.5) is 10.5 Å². The van der Waals surface area contributed by atoms with Crippen LogP contribution in [0.25, 0.3) is 0 Å². The summed E-state index contributed by atoms with van der Waals surface area (Å²) in [6.45, 7) is 3.55. The molecule has 7 nitrogen and oxygen atoms in total. The summed E-state index contributed by atoms with van der Waals surface area (Å²) in [5, 5.41) is 2.87. The zero-order chi connectivity index (χ0) is 18.7. The molecule has 0 spiro atoms. The van der Waals surface area contributed by atoms with E-state index >= 15 is 0 Å². The minimum Gasteiger partial charge on any atom is -0.383 e. The Hall–Kier alpha value is -2.41. The first-order valence-corrected chi connectivity index (χ1v) is 8.96. The highest BCUT2D eigenvalue weighted by molar-refractivity contribution is 5.95. The molecular formula is C19H25N3O4. The molecule has 0 aliphatic carbocycles. The van der Waals surface area contributed by atoms with E-state index in [1.807, 2.05) is 4.90 Å². The van der Waals surface area contributed by atoms with Gasteiger partial charge in [0, 0.05) is 44.0 Å². The minimum absolute atomic E-state index is 0.0124. The van der Waals surface area contributed by atoms with Gasteiger partial charge >= 0.3 is 6.03 Å². The van der Waals surface area contributed by atoms with E-state index in [2.05, 4.69) is 5.32 Å².